The van der Waals surface area contributed by atoms with Crippen molar-refractivity contribution in [3.63, 3.8) is 0 Å². The Morgan fingerprint density at radius 1 is 1.43 bits per heavy atom. The molecule has 0 N–H and O–H groups in total. The van der Waals surface area contributed by atoms with E-state index in [2.05, 4.69) is 6.08 Å². The molecule has 0 bridgehead atoms. The van der Waals surface area contributed by atoms with Crippen LogP contribution in [0.2, 0.25) is 0 Å². The number of allylic oxidation sites excluding steroid dienone is 2. The minimum absolute atomic E-state index is 0.254. The summed E-state index contributed by atoms with van der Waals surface area (Å²) < 4.78 is 18.1. The van der Waals surface area contributed by atoms with E-state index in [9.17, 15) is 4.39 Å². The molecule has 0 aliphatic heterocycles. The highest BCUT2D eigenvalue weighted by atomic mass is 19.1. The van der Waals surface area contributed by atoms with Crippen molar-refractivity contribution in [1.82, 2.24) is 0 Å². The zero-order valence-corrected chi connectivity index (χ0v) is 8.37. The average molecular weight is 194 g/mol. The van der Waals surface area contributed by atoms with Gasteiger partial charge < -0.3 is 4.74 Å². The lowest BCUT2D eigenvalue weighted by molar-refractivity contribution is 0.310. The van der Waals surface area contributed by atoms with Crippen LogP contribution >= 0.6 is 0 Å². The number of benzene rings is 1. The molecule has 0 aliphatic rings. The van der Waals surface area contributed by atoms with Gasteiger partial charge in [-0.1, -0.05) is 18.2 Å². The predicted molar refractivity (Wildman–Crippen MR) is 55.9 cm³/mol. The van der Waals surface area contributed by atoms with Gasteiger partial charge in [-0.25, -0.2) is 4.39 Å². The lowest BCUT2D eigenvalue weighted by Crippen LogP contribution is -1.96. The summed E-state index contributed by atoms with van der Waals surface area (Å²) in [6.45, 7) is 2.63. The van der Waals surface area contributed by atoms with E-state index in [4.69, 9.17) is 4.74 Å². The van der Waals surface area contributed by atoms with Crippen molar-refractivity contribution in [2.24, 2.45) is 0 Å². The van der Waals surface area contributed by atoms with Gasteiger partial charge in [-0.2, -0.15) is 0 Å². The number of halogens is 1. The molecule has 0 saturated heterocycles. The Balaban J connectivity index is 2.24. The van der Waals surface area contributed by atoms with Crippen molar-refractivity contribution in [3.8, 4) is 5.75 Å². The third-order valence-electron chi connectivity index (χ3n) is 1.82. The van der Waals surface area contributed by atoms with Crippen LogP contribution in [-0.2, 0) is 0 Å². The van der Waals surface area contributed by atoms with Crippen LogP contribution in [0.3, 0.4) is 0 Å². The molecule has 1 rings (SSSR count). The van der Waals surface area contributed by atoms with Gasteiger partial charge in [-0.05, 0) is 31.9 Å². The van der Waals surface area contributed by atoms with Gasteiger partial charge in [0.2, 0.25) is 0 Å². The molecule has 0 aliphatic carbocycles. The fraction of sp³-hybridized carbons (Fsp3) is 0.333. The molecule has 0 heterocycles. The van der Waals surface area contributed by atoms with Gasteiger partial charge >= 0.3 is 0 Å². The molecule has 0 unspecified atom stereocenters. The zero-order valence-electron chi connectivity index (χ0n) is 8.37. The first kappa shape index (κ1) is 10.8. The number of hydrogen-bond donors (Lipinski definition) is 0. The number of ether oxygens (including phenoxy) is 1. The van der Waals surface area contributed by atoms with Gasteiger partial charge in [0.15, 0.2) is 0 Å². The van der Waals surface area contributed by atoms with Gasteiger partial charge in [0.25, 0.3) is 0 Å². The maximum atomic E-state index is 12.7. The number of unbranched alkanes of at least 4 members (excludes halogenated alkanes) is 1. The molecular weight excluding hydrogens is 179 g/mol. The average Bonchev–Trinajstić information content (AvgIpc) is 2.18. The van der Waals surface area contributed by atoms with Crippen LogP contribution in [0, 0.1) is 5.82 Å². The van der Waals surface area contributed by atoms with Gasteiger partial charge in [0, 0.05) is 6.07 Å². The third kappa shape index (κ3) is 4.08. The second kappa shape index (κ2) is 6.19. The minimum atomic E-state index is -0.254. The van der Waals surface area contributed by atoms with E-state index >= 15 is 0 Å². The topological polar surface area (TPSA) is 9.23 Å². The van der Waals surface area contributed by atoms with Crippen molar-refractivity contribution in [2.75, 3.05) is 6.61 Å². The van der Waals surface area contributed by atoms with Crippen molar-refractivity contribution in [3.05, 3.63) is 42.2 Å². The third-order valence-corrected chi connectivity index (χ3v) is 1.82. The van der Waals surface area contributed by atoms with E-state index in [1.807, 2.05) is 13.0 Å². The first-order valence-corrected chi connectivity index (χ1v) is 4.82. The molecule has 0 radical (unpaired) electrons. The smallest absolute Gasteiger partial charge is 0.126 e. The van der Waals surface area contributed by atoms with E-state index in [0.717, 1.165) is 12.8 Å². The second-order valence-electron chi connectivity index (χ2n) is 3.02. The SMILES string of the molecule is CC=CCCCOc1cccc(F)c1. The van der Waals surface area contributed by atoms with Crippen LogP contribution in [0.1, 0.15) is 19.8 Å². The Morgan fingerprint density at radius 2 is 2.29 bits per heavy atom. The predicted octanol–water partition coefficient (Wildman–Crippen LogP) is 3.56. The number of hydrogen-bond acceptors (Lipinski definition) is 1. The summed E-state index contributed by atoms with van der Waals surface area (Å²) >= 11 is 0. The van der Waals surface area contributed by atoms with Crippen LogP contribution in [0.15, 0.2) is 36.4 Å². The summed E-state index contributed by atoms with van der Waals surface area (Å²) in [7, 11) is 0. The van der Waals surface area contributed by atoms with Gasteiger partial charge in [0.05, 0.1) is 6.61 Å². The molecule has 0 atom stereocenters. The summed E-state index contributed by atoms with van der Waals surface area (Å²) in [5, 5.41) is 0. The van der Waals surface area contributed by atoms with Crippen LogP contribution in [-0.4, -0.2) is 6.61 Å². The van der Waals surface area contributed by atoms with Gasteiger partial charge in [-0.15, -0.1) is 0 Å². The van der Waals surface area contributed by atoms with Crippen LogP contribution < -0.4 is 4.74 Å². The first-order valence-electron chi connectivity index (χ1n) is 4.82. The Hall–Kier alpha value is -1.31. The number of rotatable bonds is 5. The second-order valence-corrected chi connectivity index (χ2v) is 3.02. The molecular formula is C12H15FO. The maximum absolute atomic E-state index is 12.7. The van der Waals surface area contributed by atoms with E-state index in [1.54, 1.807) is 12.1 Å². The Morgan fingerprint density at radius 3 is 3.00 bits per heavy atom. The van der Waals surface area contributed by atoms with Gasteiger partial charge in [-0.3, -0.25) is 0 Å². The monoisotopic (exact) mass is 194 g/mol. The van der Waals surface area contributed by atoms with Crippen LogP contribution in [0.4, 0.5) is 4.39 Å². The van der Waals surface area contributed by atoms with Crippen molar-refractivity contribution in [2.45, 2.75) is 19.8 Å². The molecule has 1 aromatic rings. The standard InChI is InChI=1S/C12H15FO/c1-2-3-4-5-9-14-12-8-6-7-11(13)10-12/h2-3,6-8,10H,4-5,9H2,1H3. The fourth-order valence-corrected chi connectivity index (χ4v) is 1.11. The quantitative estimate of drug-likeness (QED) is 0.514. The molecule has 1 aromatic carbocycles. The molecule has 0 spiro atoms. The molecule has 0 fully saturated rings. The van der Waals surface area contributed by atoms with Crippen LogP contribution in [0.25, 0.3) is 0 Å². The highest BCUT2D eigenvalue weighted by molar-refractivity contribution is 5.22. The lowest BCUT2D eigenvalue weighted by Gasteiger charge is -2.04. The molecule has 0 aromatic heterocycles. The normalized spacial score (nSPS) is 10.7. The summed E-state index contributed by atoms with van der Waals surface area (Å²) in [6, 6.07) is 6.22. The summed E-state index contributed by atoms with van der Waals surface area (Å²) in [4.78, 5) is 0. The molecule has 76 valence electrons. The molecule has 0 amide bonds. The molecule has 1 nitrogen and oxygen atoms in total. The lowest BCUT2D eigenvalue weighted by atomic mass is 10.3. The fourth-order valence-electron chi connectivity index (χ4n) is 1.11. The highest BCUT2D eigenvalue weighted by Crippen LogP contribution is 2.12. The Bertz CT molecular complexity index is 294. The maximum Gasteiger partial charge on any atom is 0.126 e. The summed E-state index contributed by atoms with van der Waals surface area (Å²) in [5.74, 6) is 0.349. The summed E-state index contributed by atoms with van der Waals surface area (Å²) in [6.07, 6.45) is 6.07. The highest BCUT2D eigenvalue weighted by Gasteiger charge is 1.94. The van der Waals surface area contributed by atoms with Crippen molar-refractivity contribution < 1.29 is 9.13 Å². The van der Waals surface area contributed by atoms with Crippen molar-refractivity contribution >= 4 is 0 Å². The Kier molecular flexibility index (Phi) is 4.76. The van der Waals surface area contributed by atoms with Crippen molar-refractivity contribution in [1.29, 1.82) is 0 Å². The van der Waals surface area contributed by atoms with E-state index in [1.165, 1.54) is 12.1 Å². The largest absolute Gasteiger partial charge is 0.493 e. The molecule has 0 saturated carbocycles. The van der Waals surface area contributed by atoms with E-state index < -0.39 is 0 Å². The Labute approximate surface area is 84.2 Å². The van der Waals surface area contributed by atoms with Gasteiger partial charge in [0.1, 0.15) is 11.6 Å². The molecule has 2 heteroatoms. The van der Waals surface area contributed by atoms with E-state index in [0.29, 0.717) is 12.4 Å². The zero-order chi connectivity index (χ0) is 10.2. The summed E-state index contributed by atoms with van der Waals surface area (Å²) in [5.41, 5.74) is 0. The van der Waals surface area contributed by atoms with Crippen LogP contribution in [0.5, 0.6) is 5.75 Å². The van der Waals surface area contributed by atoms with E-state index in [-0.39, 0.29) is 5.82 Å². The first-order chi connectivity index (χ1) is 6.83. The minimum Gasteiger partial charge on any atom is -0.493 e. The molecule has 14 heavy (non-hydrogen) atoms.